The van der Waals surface area contributed by atoms with E-state index in [0.717, 1.165) is 0 Å². The molecule has 0 aromatic carbocycles. The zero-order chi connectivity index (χ0) is 11.5. The van der Waals surface area contributed by atoms with Gasteiger partial charge in [-0.15, -0.1) is 0 Å². The predicted molar refractivity (Wildman–Crippen MR) is 59.5 cm³/mol. The van der Waals surface area contributed by atoms with Crippen LogP contribution >= 0.6 is 0 Å². The Morgan fingerprint density at radius 1 is 1.53 bits per heavy atom. The van der Waals surface area contributed by atoms with Crippen molar-refractivity contribution < 1.29 is 14.6 Å². The molecule has 2 N–H and O–H groups in total. The van der Waals surface area contributed by atoms with Gasteiger partial charge in [-0.2, -0.15) is 0 Å². The molecule has 0 spiro atoms. The van der Waals surface area contributed by atoms with Gasteiger partial charge in [0.2, 0.25) is 5.91 Å². The molecular formula is C11H19NO3. The molecule has 4 nitrogen and oxygen atoms in total. The van der Waals surface area contributed by atoms with Crippen molar-refractivity contribution in [1.29, 1.82) is 0 Å². The number of aliphatic hydroxyl groups excluding tert-OH is 1. The first-order valence-corrected chi connectivity index (χ1v) is 4.95. The highest BCUT2D eigenvalue weighted by Crippen LogP contribution is 1.90. The average Bonchev–Trinajstić information content (AvgIpc) is 2.18. The summed E-state index contributed by atoms with van der Waals surface area (Å²) in [6.45, 7) is 2.62. The summed E-state index contributed by atoms with van der Waals surface area (Å²) < 4.78 is 4.75. The highest BCUT2D eigenvalue weighted by atomic mass is 16.5. The fourth-order valence-electron chi connectivity index (χ4n) is 0.951. The lowest BCUT2D eigenvalue weighted by Gasteiger charge is -2.08. The Hall–Kier alpha value is -1.13. The number of hydrogen-bond acceptors (Lipinski definition) is 3. The molecule has 1 atom stereocenters. The molecule has 0 bridgehead atoms. The van der Waals surface area contributed by atoms with Crippen LogP contribution in [0.3, 0.4) is 0 Å². The molecular weight excluding hydrogens is 194 g/mol. The Morgan fingerprint density at radius 2 is 2.27 bits per heavy atom. The predicted octanol–water partition coefficient (Wildman–Crippen LogP) is 0.632. The smallest absolute Gasteiger partial charge is 0.243 e. The van der Waals surface area contributed by atoms with Crippen LogP contribution in [0.5, 0.6) is 0 Å². The molecule has 0 saturated heterocycles. The molecule has 0 rings (SSSR count). The molecule has 0 aliphatic carbocycles. The summed E-state index contributed by atoms with van der Waals surface area (Å²) in [6, 6.07) is 0. The van der Waals surface area contributed by atoms with Crippen molar-refractivity contribution in [3.05, 3.63) is 24.3 Å². The lowest BCUT2D eigenvalue weighted by atomic mass is 10.2. The third-order valence-electron chi connectivity index (χ3n) is 1.69. The molecule has 0 aliphatic heterocycles. The minimum Gasteiger partial charge on any atom is -0.391 e. The molecule has 0 radical (unpaired) electrons. The first-order valence-electron chi connectivity index (χ1n) is 4.95. The lowest BCUT2D eigenvalue weighted by Crippen LogP contribution is -2.27. The van der Waals surface area contributed by atoms with Crippen LogP contribution in [0.2, 0.25) is 0 Å². The molecule has 0 saturated carbocycles. The van der Waals surface area contributed by atoms with E-state index in [0.29, 0.717) is 19.6 Å². The van der Waals surface area contributed by atoms with Gasteiger partial charge in [0.05, 0.1) is 12.7 Å². The van der Waals surface area contributed by atoms with Gasteiger partial charge in [-0.25, -0.2) is 0 Å². The first kappa shape index (κ1) is 13.9. The molecule has 0 fully saturated rings. The van der Waals surface area contributed by atoms with Crippen LogP contribution in [0.4, 0.5) is 0 Å². The van der Waals surface area contributed by atoms with Gasteiger partial charge in [-0.1, -0.05) is 18.2 Å². The number of carbonyl (C=O) groups is 1. The zero-order valence-corrected chi connectivity index (χ0v) is 9.27. The lowest BCUT2D eigenvalue weighted by molar-refractivity contribution is -0.116. The van der Waals surface area contributed by atoms with Crippen molar-refractivity contribution >= 4 is 5.91 Å². The minimum absolute atomic E-state index is 0.155. The maximum absolute atomic E-state index is 11.1. The van der Waals surface area contributed by atoms with Crippen LogP contribution in [0.1, 0.15) is 13.3 Å². The summed E-state index contributed by atoms with van der Waals surface area (Å²) in [7, 11) is 1.53. The van der Waals surface area contributed by atoms with Crippen LogP contribution in [-0.4, -0.2) is 37.4 Å². The van der Waals surface area contributed by atoms with Crippen molar-refractivity contribution in [3.63, 3.8) is 0 Å². The second-order valence-electron chi connectivity index (χ2n) is 3.07. The number of aliphatic hydroxyl groups is 1. The second kappa shape index (κ2) is 9.43. The Balaban J connectivity index is 3.54. The van der Waals surface area contributed by atoms with E-state index in [1.165, 1.54) is 13.2 Å². The van der Waals surface area contributed by atoms with E-state index >= 15 is 0 Å². The summed E-state index contributed by atoms with van der Waals surface area (Å²) in [6.07, 6.45) is 6.71. The number of ether oxygens (including phenoxy) is 1. The van der Waals surface area contributed by atoms with Gasteiger partial charge in [0, 0.05) is 19.7 Å². The Labute approximate surface area is 90.6 Å². The molecule has 1 amide bonds. The van der Waals surface area contributed by atoms with E-state index in [4.69, 9.17) is 4.74 Å². The van der Waals surface area contributed by atoms with E-state index in [-0.39, 0.29) is 5.91 Å². The molecule has 1 unspecified atom stereocenters. The van der Waals surface area contributed by atoms with Gasteiger partial charge >= 0.3 is 0 Å². The van der Waals surface area contributed by atoms with E-state index in [1.54, 1.807) is 12.2 Å². The van der Waals surface area contributed by atoms with Crippen LogP contribution < -0.4 is 5.32 Å². The van der Waals surface area contributed by atoms with E-state index in [2.05, 4.69) is 5.32 Å². The molecule has 4 heteroatoms. The largest absolute Gasteiger partial charge is 0.391 e. The summed E-state index contributed by atoms with van der Waals surface area (Å²) in [5.74, 6) is -0.155. The van der Waals surface area contributed by atoms with E-state index in [9.17, 15) is 9.90 Å². The number of hydrogen-bond donors (Lipinski definition) is 2. The summed E-state index contributed by atoms with van der Waals surface area (Å²) in [5, 5.41) is 11.9. The molecule has 0 aromatic heterocycles. The van der Waals surface area contributed by atoms with Crippen LogP contribution in [-0.2, 0) is 9.53 Å². The first-order chi connectivity index (χ1) is 7.20. The Bertz CT molecular complexity index is 224. The van der Waals surface area contributed by atoms with E-state index < -0.39 is 6.10 Å². The molecule has 0 heterocycles. The average molecular weight is 213 g/mol. The summed E-state index contributed by atoms with van der Waals surface area (Å²) >= 11 is 0. The Morgan fingerprint density at radius 3 is 2.87 bits per heavy atom. The van der Waals surface area contributed by atoms with Gasteiger partial charge in [-0.3, -0.25) is 4.79 Å². The van der Waals surface area contributed by atoms with E-state index in [1.807, 2.05) is 13.0 Å². The van der Waals surface area contributed by atoms with Crippen LogP contribution in [0.25, 0.3) is 0 Å². The van der Waals surface area contributed by atoms with Gasteiger partial charge in [-0.05, 0) is 13.3 Å². The Kier molecular flexibility index (Phi) is 8.72. The molecule has 0 aromatic rings. The van der Waals surface area contributed by atoms with Crippen LogP contribution in [0, 0.1) is 0 Å². The highest BCUT2D eigenvalue weighted by Gasteiger charge is 2.02. The van der Waals surface area contributed by atoms with Crippen molar-refractivity contribution in [2.45, 2.75) is 19.4 Å². The molecule has 15 heavy (non-hydrogen) atoms. The SMILES string of the molecule is CC=C/C=C/C(=O)NCCC(O)COC. The van der Waals surface area contributed by atoms with Gasteiger partial charge in [0.1, 0.15) is 0 Å². The fraction of sp³-hybridized carbons (Fsp3) is 0.545. The molecule has 86 valence electrons. The quantitative estimate of drug-likeness (QED) is 0.482. The van der Waals surface area contributed by atoms with Gasteiger partial charge < -0.3 is 15.2 Å². The van der Waals surface area contributed by atoms with Gasteiger partial charge in [0.15, 0.2) is 0 Å². The number of amides is 1. The monoisotopic (exact) mass is 213 g/mol. The maximum atomic E-state index is 11.1. The zero-order valence-electron chi connectivity index (χ0n) is 9.27. The second-order valence-corrected chi connectivity index (χ2v) is 3.07. The minimum atomic E-state index is -0.519. The topological polar surface area (TPSA) is 58.6 Å². The highest BCUT2D eigenvalue weighted by molar-refractivity contribution is 5.87. The van der Waals surface area contributed by atoms with Crippen molar-refractivity contribution in [2.24, 2.45) is 0 Å². The number of methoxy groups -OCH3 is 1. The number of rotatable bonds is 7. The van der Waals surface area contributed by atoms with Crippen molar-refractivity contribution in [3.8, 4) is 0 Å². The van der Waals surface area contributed by atoms with Crippen LogP contribution in [0.15, 0.2) is 24.3 Å². The van der Waals surface area contributed by atoms with Crippen molar-refractivity contribution in [2.75, 3.05) is 20.3 Å². The standard InChI is InChI=1S/C11H19NO3/c1-3-4-5-6-11(14)12-8-7-10(13)9-15-2/h3-6,10,13H,7-9H2,1-2H3,(H,12,14)/b4-3?,6-5+. The van der Waals surface area contributed by atoms with Crippen molar-refractivity contribution in [1.82, 2.24) is 5.32 Å². The summed E-state index contributed by atoms with van der Waals surface area (Å²) in [5.41, 5.74) is 0. The number of carbonyl (C=O) groups excluding carboxylic acids is 1. The third kappa shape index (κ3) is 9.18. The number of allylic oxidation sites excluding steroid dienone is 3. The molecule has 0 aliphatic rings. The number of nitrogens with one attached hydrogen (secondary N) is 1. The van der Waals surface area contributed by atoms with Gasteiger partial charge in [0.25, 0.3) is 0 Å². The third-order valence-corrected chi connectivity index (χ3v) is 1.69. The maximum Gasteiger partial charge on any atom is 0.243 e. The summed E-state index contributed by atoms with van der Waals surface area (Å²) in [4.78, 5) is 11.1. The normalized spacial score (nSPS) is 13.5. The fourth-order valence-corrected chi connectivity index (χ4v) is 0.951.